The Labute approximate surface area is 135 Å². The zero-order chi connectivity index (χ0) is 15.4. The van der Waals surface area contributed by atoms with Crippen LogP contribution in [0.4, 0.5) is 11.4 Å². The van der Waals surface area contributed by atoms with Gasteiger partial charge >= 0.3 is 0 Å². The van der Waals surface area contributed by atoms with E-state index in [1.54, 1.807) is 23.5 Å². The molecule has 7 heteroatoms. The first-order valence-corrected chi connectivity index (χ1v) is 8.03. The molecule has 21 heavy (non-hydrogen) atoms. The number of hydrogen-bond acceptors (Lipinski definition) is 5. The summed E-state index contributed by atoms with van der Waals surface area (Å²) in [6.45, 7) is 1.45. The van der Waals surface area contributed by atoms with Crippen molar-refractivity contribution in [3.8, 4) is 0 Å². The average Bonchev–Trinajstić information content (AvgIpc) is 2.83. The number of nitro benzene ring substituents is 1. The second-order valence-corrected chi connectivity index (χ2v) is 6.66. The number of hydrogen-bond donors (Lipinski definition) is 1. The molecule has 1 N–H and O–H groups in total. The maximum Gasteiger partial charge on any atom is 0.269 e. The lowest BCUT2D eigenvalue weighted by atomic mass is 10.1. The number of halogens is 1. The molecule has 1 aromatic heterocycles. The van der Waals surface area contributed by atoms with Gasteiger partial charge in [0.1, 0.15) is 0 Å². The molecule has 0 amide bonds. The quantitative estimate of drug-likeness (QED) is 0.615. The first-order valence-electron chi connectivity index (χ1n) is 6.36. The third-order valence-corrected chi connectivity index (χ3v) is 4.74. The molecule has 0 aliphatic carbocycles. The summed E-state index contributed by atoms with van der Waals surface area (Å²) in [6.07, 6.45) is 0. The molecule has 0 radical (unpaired) electrons. The smallest absolute Gasteiger partial charge is 0.269 e. The number of rotatable bonds is 6. The van der Waals surface area contributed by atoms with E-state index in [4.69, 9.17) is 0 Å². The highest BCUT2D eigenvalue weighted by Gasteiger charge is 2.12. The van der Waals surface area contributed by atoms with Crippen LogP contribution >= 0.6 is 27.3 Å². The summed E-state index contributed by atoms with van der Waals surface area (Å²) >= 11 is 5.14. The van der Waals surface area contributed by atoms with Crippen molar-refractivity contribution in [2.45, 2.75) is 13.1 Å². The minimum absolute atomic E-state index is 0.122. The van der Waals surface area contributed by atoms with Gasteiger partial charge in [0.15, 0.2) is 0 Å². The molecule has 0 aliphatic rings. The highest BCUT2D eigenvalue weighted by atomic mass is 79.9. The van der Waals surface area contributed by atoms with Gasteiger partial charge in [0, 0.05) is 52.7 Å². The number of nitrogens with zero attached hydrogens (tertiary/aromatic N) is 2. The molecule has 0 atom stereocenters. The molecule has 5 nitrogen and oxygen atoms in total. The maximum atomic E-state index is 10.9. The first kappa shape index (κ1) is 15.9. The second kappa shape index (κ2) is 7.02. The zero-order valence-corrected chi connectivity index (χ0v) is 14.2. The molecule has 0 bridgehead atoms. The van der Waals surface area contributed by atoms with Gasteiger partial charge < -0.3 is 5.32 Å². The van der Waals surface area contributed by atoms with Gasteiger partial charge in [0.05, 0.1) is 4.92 Å². The molecular formula is C14H16BrN3O2S. The van der Waals surface area contributed by atoms with Crippen molar-refractivity contribution in [1.29, 1.82) is 0 Å². The van der Waals surface area contributed by atoms with E-state index in [2.05, 4.69) is 37.6 Å². The molecule has 0 unspecified atom stereocenters. The molecule has 0 saturated carbocycles. The van der Waals surface area contributed by atoms with E-state index >= 15 is 0 Å². The van der Waals surface area contributed by atoms with Gasteiger partial charge in [-0.25, -0.2) is 0 Å². The van der Waals surface area contributed by atoms with Crippen molar-refractivity contribution >= 4 is 38.6 Å². The largest absolute Gasteiger partial charge is 0.388 e. The summed E-state index contributed by atoms with van der Waals surface area (Å²) in [5.74, 6) is 0. The van der Waals surface area contributed by atoms with Crippen molar-refractivity contribution in [2.75, 3.05) is 19.4 Å². The summed E-state index contributed by atoms with van der Waals surface area (Å²) in [5, 5.41) is 16.0. The Hall–Kier alpha value is -1.44. The monoisotopic (exact) mass is 369 g/mol. The third-order valence-electron chi connectivity index (χ3n) is 3.06. The fraction of sp³-hybridized carbons (Fsp3) is 0.286. The van der Waals surface area contributed by atoms with Gasteiger partial charge in [-0.15, -0.1) is 11.3 Å². The standard InChI is InChI=1S/C14H16BrN3O2S/c1-16-14-4-3-12(18(19)20)5-10(14)7-17(2)8-13-6-11(15)9-21-13/h3-6,9,16H,7-8H2,1-2H3. The van der Waals surface area contributed by atoms with Crippen LogP contribution in [0.15, 0.2) is 34.1 Å². The average molecular weight is 370 g/mol. The van der Waals surface area contributed by atoms with Crippen LogP contribution in [-0.4, -0.2) is 23.9 Å². The fourth-order valence-corrected chi connectivity index (χ4v) is 3.65. The Balaban J connectivity index is 2.13. The first-order chi connectivity index (χ1) is 9.99. The minimum atomic E-state index is -0.362. The molecule has 1 aromatic carbocycles. The van der Waals surface area contributed by atoms with Crippen LogP contribution in [0.3, 0.4) is 0 Å². The molecule has 2 rings (SSSR count). The van der Waals surface area contributed by atoms with E-state index in [0.717, 1.165) is 22.3 Å². The molecule has 1 heterocycles. The summed E-state index contributed by atoms with van der Waals surface area (Å²) in [5.41, 5.74) is 1.96. The van der Waals surface area contributed by atoms with E-state index in [0.29, 0.717) is 6.54 Å². The Morgan fingerprint density at radius 2 is 2.14 bits per heavy atom. The van der Waals surface area contributed by atoms with Crippen molar-refractivity contribution in [2.24, 2.45) is 0 Å². The van der Waals surface area contributed by atoms with E-state index in [1.807, 2.05) is 14.1 Å². The van der Waals surface area contributed by atoms with Gasteiger partial charge in [-0.1, -0.05) is 0 Å². The summed E-state index contributed by atoms with van der Waals surface area (Å²) in [4.78, 5) is 13.9. The van der Waals surface area contributed by atoms with Crippen molar-refractivity contribution < 1.29 is 4.92 Å². The normalized spacial score (nSPS) is 10.9. The molecule has 0 fully saturated rings. The molecule has 112 valence electrons. The Bertz CT molecular complexity index is 645. The van der Waals surface area contributed by atoms with Gasteiger partial charge in [0.25, 0.3) is 5.69 Å². The van der Waals surface area contributed by atoms with Crippen LogP contribution in [0.1, 0.15) is 10.4 Å². The lowest BCUT2D eigenvalue weighted by Gasteiger charge is -2.18. The topological polar surface area (TPSA) is 58.4 Å². The van der Waals surface area contributed by atoms with Crippen molar-refractivity contribution in [3.05, 3.63) is 54.7 Å². The number of anilines is 1. The van der Waals surface area contributed by atoms with Crippen molar-refractivity contribution in [3.63, 3.8) is 0 Å². The lowest BCUT2D eigenvalue weighted by Crippen LogP contribution is -2.17. The van der Waals surface area contributed by atoms with Gasteiger partial charge in [0.2, 0.25) is 0 Å². The summed E-state index contributed by atoms with van der Waals surface area (Å²) < 4.78 is 1.09. The van der Waals surface area contributed by atoms with Crippen LogP contribution in [0.2, 0.25) is 0 Å². The summed E-state index contributed by atoms with van der Waals surface area (Å²) in [7, 11) is 3.83. The van der Waals surface area contributed by atoms with Crippen LogP contribution in [0.5, 0.6) is 0 Å². The van der Waals surface area contributed by atoms with E-state index in [9.17, 15) is 10.1 Å². The Morgan fingerprint density at radius 3 is 2.71 bits per heavy atom. The third kappa shape index (κ3) is 4.26. The van der Waals surface area contributed by atoms with E-state index in [1.165, 1.54) is 10.9 Å². The number of thiophene rings is 1. The number of non-ortho nitro benzene ring substituents is 1. The highest BCUT2D eigenvalue weighted by Crippen LogP contribution is 2.25. The molecule has 2 aromatic rings. The SMILES string of the molecule is CNc1ccc([N+](=O)[O-])cc1CN(C)Cc1cc(Br)cs1. The van der Waals surface area contributed by atoms with Crippen molar-refractivity contribution in [1.82, 2.24) is 4.90 Å². The van der Waals surface area contributed by atoms with E-state index in [-0.39, 0.29) is 10.6 Å². The molecule has 0 saturated heterocycles. The lowest BCUT2D eigenvalue weighted by molar-refractivity contribution is -0.384. The fourth-order valence-electron chi connectivity index (χ4n) is 2.12. The van der Waals surface area contributed by atoms with Gasteiger partial charge in [-0.3, -0.25) is 15.0 Å². The number of benzene rings is 1. The van der Waals surface area contributed by atoms with Crippen LogP contribution in [0, 0.1) is 10.1 Å². The van der Waals surface area contributed by atoms with Gasteiger partial charge in [-0.05, 0) is 40.7 Å². The second-order valence-electron chi connectivity index (χ2n) is 4.75. The molecular weight excluding hydrogens is 354 g/mol. The Morgan fingerprint density at radius 1 is 1.38 bits per heavy atom. The van der Waals surface area contributed by atoms with Crippen LogP contribution in [0.25, 0.3) is 0 Å². The summed E-state index contributed by atoms with van der Waals surface area (Å²) in [6, 6.07) is 7.00. The predicted molar refractivity (Wildman–Crippen MR) is 89.8 cm³/mol. The van der Waals surface area contributed by atoms with Crippen LogP contribution in [-0.2, 0) is 13.1 Å². The predicted octanol–water partition coefficient (Wildman–Crippen LogP) is 4.09. The molecule has 0 aliphatic heterocycles. The minimum Gasteiger partial charge on any atom is -0.388 e. The number of nitro groups is 1. The van der Waals surface area contributed by atoms with Gasteiger partial charge in [-0.2, -0.15) is 0 Å². The number of nitrogens with one attached hydrogen (secondary N) is 1. The highest BCUT2D eigenvalue weighted by molar-refractivity contribution is 9.10. The maximum absolute atomic E-state index is 10.9. The zero-order valence-electron chi connectivity index (χ0n) is 11.8. The molecule has 0 spiro atoms. The van der Waals surface area contributed by atoms with E-state index < -0.39 is 0 Å². The Kier molecular flexibility index (Phi) is 5.33. The van der Waals surface area contributed by atoms with Crippen LogP contribution < -0.4 is 5.32 Å².